The van der Waals surface area contributed by atoms with Crippen LogP contribution in [0.5, 0.6) is 0 Å². The van der Waals surface area contributed by atoms with Gasteiger partial charge in [-0.2, -0.15) is 0 Å². The van der Waals surface area contributed by atoms with Crippen molar-refractivity contribution in [3.63, 3.8) is 0 Å². The minimum Gasteiger partial charge on any atom is -1.00 e. The molecule has 0 aromatic rings. The Hall–Kier alpha value is 0.210. The van der Waals surface area contributed by atoms with E-state index < -0.39 is 20.1 Å². The molecule has 108 valence electrons. The van der Waals surface area contributed by atoms with E-state index in [-0.39, 0.29) is 29.7 Å². The van der Waals surface area contributed by atoms with Crippen molar-refractivity contribution in [2.45, 2.75) is 4.90 Å². The van der Waals surface area contributed by atoms with Gasteiger partial charge in [0.1, 0.15) is 12.2 Å². The molecule has 0 aromatic heterocycles. The average Bonchev–Trinajstić information content (AvgIpc) is 2.57. The maximum absolute atomic E-state index is 11.7. The average molecular weight is 421 g/mol. The molecule has 0 aromatic carbocycles. The molecule has 0 saturated carbocycles. The lowest BCUT2D eigenvalue weighted by Gasteiger charge is -2.33. The monoisotopic (exact) mass is 421 g/mol. The van der Waals surface area contributed by atoms with Gasteiger partial charge >= 0.3 is 15.2 Å². The number of nitrogens with one attached hydrogen (secondary N) is 1. The summed E-state index contributed by atoms with van der Waals surface area (Å²) in [5.41, 5.74) is 0.511. The molecule has 0 saturated heterocycles. The molecule has 10 heteroatoms. The number of rotatable bonds is 2. The molecule has 0 amide bonds. The maximum atomic E-state index is 11.7. The number of halogens is 1. The van der Waals surface area contributed by atoms with Gasteiger partial charge in [-0.15, -0.1) is 0 Å². The Morgan fingerprint density at radius 2 is 1.68 bits per heavy atom. The van der Waals surface area contributed by atoms with Crippen molar-refractivity contribution >= 4 is 15.2 Å². The molecule has 1 aliphatic heterocycles. The van der Waals surface area contributed by atoms with Gasteiger partial charge < -0.3 is 48.5 Å². The van der Waals surface area contributed by atoms with Gasteiger partial charge in [0.25, 0.3) is 4.90 Å². The highest BCUT2D eigenvalue weighted by molar-refractivity contribution is 7.73. The van der Waals surface area contributed by atoms with Gasteiger partial charge in [-0.25, -0.2) is 0 Å². The van der Waals surface area contributed by atoms with E-state index >= 15 is 0 Å². The predicted octanol–water partition coefficient (Wildman–Crippen LogP) is -4.05. The highest BCUT2D eigenvalue weighted by Crippen LogP contribution is 2.73. The van der Waals surface area contributed by atoms with E-state index in [2.05, 4.69) is 0 Å². The Kier molecular flexibility index (Phi) is 4.72. The second-order valence-electron chi connectivity index (χ2n) is 4.36. The van der Waals surface area contributed by atoms with Gasteiger partial charge in [0.05, 0.1) is 7.05 Å². The minimum atomic E-state index is -5.06. The zero-order valence-electron chi connectivity index (χ0n) is 9.89. The van der Waals surface area contributed by atoms with E-state index in [1.165, 1.54) is 6.08 Å². The van der Waals surface area contributed by atoms with Gasteiger partial charge in [-0.1, -0.05) is 6.08 Å². The van der Waals surface area contributed by atoms with E-state index in [9.17, 15) is 28.7 Å². The number of hydrogen-bond donors (Lipinski definition) is 5. The van der Waals surface area contributed by atoms with Crippen LogP contribution in [-0.4, -0.2) is 38.1 Å². The van der Waals surface area contributed by atoms with Crippen molar-refractivity contribution in [3.8, 4) is 0 Å². The van der Waals surface area contributed by atoms with Crippen LogP contribution in [0, 0.1) is 0 Å². The fourth-order valence-corrected chi connectivity index (χ4v) is 5.52. The Balaban J connectivity index is 0.00000180. The normalized spacial score (nSPS) is 25.2. The zero-order valence-corrected chi connectivity index (χ0v) is 13.8. The number of hydrogen-bond acceptors (Lipinski definition) is 2. The van der Waals surface area contributed by atoms with Crippen molar-refractivity contribution in [1.29, 1.82) is 0 Å². The smallest absolute Gasteiger partial charge is 0.357 e. The van der Waals surface area contributed by atoms with Gasteiger partial charge in [0, 0.05) is 5.57 Å². The molecule has 2 aliphatic rings. The topological polar surface area (TPSA) is 120 Å². The number of likely N-dealkylation sites (N-methyl/N-ethyl adjacent to an activating group) is 1. The summed E-state index contributed by atoms with van der Waals surface area (Å²) in [6, 6.07) is 0. The van der Waals surface area contributed by atoms with Gasteiger partial charge in [-0.3, -0.25) is 9.13 Å². The van der Waals surface area contributed by atoms with Crippen LogP contribution < -0.4 is 28.9 Å². The third kappa shape index (κ3) is 2.45. The van der Waals surface area contributed by atoms with Crippen LogP contribution in [0.3, 0.4) is 0 Å². The Bertz CT molecular complexity index is 549. The van der Waals surface area contributed by atoms with Gasteiger partial charge in [0.15, 0.2) is 0 Å². The highest BCUT2D eigenvalue weighted by atomic mass is 127. The van der Waals surface area contributed by atoms with E-state index in [0.29, 0.717) is 17.0 Å². The van der Waals surface area contributed by atoms with E-state index in [0.717, 1.165) is 6.08 Å². The van der Waals surface area contributed by atoms with Crippen LogP contribution in [0.4, 0.5) is 0 Å². The fourth-order valence-electron chi connectivity index (χ4n) is 2.40. The lowest BCUT2D eigenvalue weighted by Crippen LogP contribution is -3.09. The summed E-state index contributed by atoms with van der Waals surface area (Å²) in [6.45, 7) is 0.419. The van der Waals surface area contributed by atoms with Crippen LogP contribution in [-0.2, 0) is 9.13 Å². The third-order valence-corrected chi connectivity index (χ3v) is 7.27. The quantitative estimate of drug-likeness (QED) is 0.229. The Morgan fingerprint density at radius 3 is 2.16 bits per heavy atom. The molecule has 5 N–H and O–H groups in total. The SMILES string of the molecule is C[NH+]1CC=CC2=C1C(P(=O)(O)O)(P(=O)(O)O)C=C2.[I-]. The zero-order chi connectivity index (χ0) is 13.8. The van der Waals surface area contributed by atoms with Crippen molar-refractivity contribution in [2.75, 3.05) is 13.6 Å². The fraction of sp³-hybridized carbons (Fsp3) is 0.333. The van der Waals surface area contributed by atoms with E-state index in [4.69, 9.17) is 0 Å². The summed E-state index contributed by atoms with van der Waals surface area (Å²) < 4.78 is 23.4. The first-order valence-corrected chi connectivity index (χ1v) is 8.38. The van der Waals surface area contributed by atoms with Crippen LogP contribution >= 0.6 is 15.2 Å². The molecule has 0 fully saturated rings. The van der Waals surface area contributed by atoms with Crippen molar-refractivity contribution < 1.29 is 57.6 Å². The Morgan fingerprint density at radius 1 is 1.16 bits per heavy atom. The largest absolute Gasteiger partial charge is 1.00 e. The maximum Gasteiger partial charge on any atom is 0.357 e. The summed E-state index contributed by atoms with van der Waals surface area (Å²) in [6.07, 6.45) is 5.70. The Labute approximate surface area is 127 Å². The summed E-state index contributed by atoms with van der Waals surface area (Å²) in [5, 5.41) is 0. The molecule has 2 rings (SSSR count). The lowest BCUT2D eigenvalue weighted by molar-refractivity contribution is -0.835. The summed E-state index contributed by atoms with van der Waals surface area (Å²) in [5.74, 6) is 0. The van der Waals surface area contributed by atoms with Crippen LogP contribution in [0.25, 0.3) is 0 Å². The van der Waals surface area contributed by atoms with Gasteiger partial charge in [-0.05, 0) is 18.2 Å². The third-order valence-electron chi connectivity index (χ3n) is 3.19. The van der Waals surface area contributed by atoms with Crippen molar-refractivity contribution in [1.82, 2.24) is 0 Å². The molecule has 1 atom stereocenters. The molecule has 1 unspecified atom stereocenters. The van der Waals surface area contributed by atoms with Crippen molar-refractivity contribution in [2.24, 2.45) is 0 Å². The molecule has 0 bridgehead atoms. The first-order valence-electron chi connectivity index (χ1n) is 5.16. The standard InChI is InChI=1S/C9H13NO6P2.HI/c1-10-6-2-3-7-4-5-9(8(7)10,17(11,12)13)18(14,15)16;/h2-5H,6H2,1H3,(H2,11,12,13)(H2,14,15,16);1H. The van der Waals surface area contributed by atoms with E-state index in [1.54, 1.807) is 19.2 Å². The first kappa shape index (κ1) is 17.3. The summed E-state index contributed by atoms with van der Waals surface area (Å²) >= 11 is 0. The van der Waals surface area contributed by atoms with E-state index in [1.807, 2.05) is 0 Å². The van der Waals surface area contributed by atoms with Crippen LogP contribution in [0.15, 0.2) is 35.6 Å². The van der Waals surface area contributed by atoms with Gasteiger partial charge in [0.2, 0.25) is 0 Å². The molecule has 1 aliphatic carbocycles. The summed E-state index contributed by atoms with van der Waals surface area (Å²) in [4.78, 5) is 35.9. The number of allylic oxidation sites excluding steroid dienone is 4. The molecule has 0 radical (unpaired) electrons. The minimum absolute atomic E-state index is 0. The first-order chi connectivity index (χ1) is 8.11. The van der Waals surface area contributed by atoms with Crippen molar-refractivity contribution in [3.05, 3.63) is 35.6 Å². The lowest BCUT2D eigenvalue weighted by atomic mass is 10.1. The molecule has 0 spiro atoms. The molecular weight excluding hydrogens is 407 g/mol. The molecule has 7 nitrogen and oxygen atoms in total. The van der Waals surface area contributed by atoms with Crippen LogP contribution in [0.2, 0.25) is 0 Å². The second-order valence-corrected chi connectivity index (χ2v) is 8.30. The molecular formula is C9H14INO6P2. The number of quaternary nitrogens is 1. The molecule has 1 heterocycles. The highest BCUT2D eigenvalue weighted by Gasteiger charge is 2.67. The second kappa shape index (κ2) is 5.20. The van der Waals surface area contributed by atoms with Crippen LogP contribution in [0.1, 0.15) is 0 Å². The predicted molar refractivity (Wildman–Crippen MR) is 63.9 cm³/mol. The summed E-state index contributed by atoms with van der Waals surface area (Å²) in [7, 11) is -8.49. The molecule has 19 heavy (non-hydrogen) atoms.